The highest BCUT2D eigenvalue weighted by Crippen LogP contribution is 2.37. The van der Waals surface area contributed by atoms with Crippen molar-refractivity contribution in [1.29, 1.82) is 0 Å². The summed E-state index contributed by atoms with van der Waals surface area (Å²) < 4.78 is 0. The molecule has 86 valence electrons. The predicted octanol–water partition coefficient (Wildman–Crippen LogP) is 4.31. The number of aldehydes is 1. The maximum atomic E-state index is 11.4. The highest BCUT2D eigenvalue weighted by Gasteiger charge is 2.20. The van der Waals surface area contributed by atoms with Crippen LogP contribution in [0.3, 0.4) is 0 Å². The Kier molecular flexibility index (Phi) is 2.68. The summed E-state index contributed by atoms with van der Waals surface area (Å²) in [4.78, 5) is 11.4. The van der Waals surface area contributed by atoms with Crippen LogP contribution in [0.5, 0.6) is 0 Å². The number of carbonyl (C=O) groups excluding carboxylic acids is 1. The first-order chi connectivity index (χ1) is 8.40. The first kappa shape index (κ1) is 10.5. The molecule has 0 spiro atoms. The minimum Gasteiger partial charge on any atom is -0.298 e. The Bertz CT molecular complexity index is 550. The number of hydrogen-bond acceptors (Lipinski definition) is 1. The third-order valence-corrected chi connectivity index (χ3v) is 3.92. The van der Waals surface area contributed by atoms with Crippen molar-refractivity contribution in [2.75, 3.05) is 0 Å². The zero-order chi connectivity index (χ0) is 11.7. The van der Waals surface area contributed by atoms with Gasteiger partial charge in [0.15, 0.2) is 6.29 Å². The molecule has 0 aliphatic heterocycles. The summed E-state index contributed by atoms with van der Waals surface area (Å²) in [5, 5.41) is 2.27. The Morgan fingerprint density at radius 1 is 1.00 bits per heavy atom. The summed E-state index contributed by atoms with van der Waals surface area (Å²) in [7, 11) is 0. The van der Waals surface area contributed by atoms with Crippen LogP contribution in [0.25, 0.3) is 10.8 Å². The minimum absolute atomic E-state index is 0.597. The van der Waals surface area contributed by atoms with Gasteiger partial charge >= 0.3 is 0 Å². The summed E-state index contributed by atoms with van der Waals surface area (Å²) in [6.07, 6.45) is 6.11. The summed E-state index contributed by atoms with van der Waals surface area (Å²) >= 11 is 0. The summed E-state index contributed by atoms with van der Waals surface area (Å²) in [6, 6.07) is 12.5. The fourth-order valence-electron chi connectivity index (χ4n) is 3.04. The van der Waals surface area contributed by atoms with Crippen LogP contribution in [0, 0.1) is 0 Å². The van der Waals surface area contributed by atoms with Crippen molar-refractivity contribution in [3.05, 3.63) is 47.5 Å². The van der Waals surface area contributed by atoms with Gasteiger partial charge in [0, 0.05) is 5.56 Å². The molecule has 0 aromatic heterocycles. The van der Waals surface area contributed by atoms with Gasteiger partial charge in [0.2, 0.25) is 0 Å². The SMILES string of the molecule is O=Cc1c(C2CCCC2)ccc2ccccc12. The van der Waals surface area contributed by atoms with E-state index < -0.39 is 0 Å². The Morgan fingerprint density at radius 3 is 2.53 bits per heavy atom. The normalized spacial score (nSPS) is 16.5. The van der Waals surface area contributed by atoms with Crippen LogP contribution >= 0.6 is 0 Å². The molecule has 1 heteroatoms. The molecule has 0 bridgehead atoms. The second-order valence-electron chi connectivity index (χ2n) is 4.89. The van der Waals surface area contributed by atoms with Crippen molar-refractivity contribution < 1.29 is 4.79 Å². The molecule has 0 N–H and O–H groups in total. The standard InChI is InChI=1S/C16H16O/c17-11-16-14-8-4-3-7-13(14)9-10-15(16)12-5-1-2-6-12/h3-4,7-12H,1-2,5-6H2. The summed E-state index contributed by atoms with van der Waals surface area (Å²) in [5.74, 6) is 0.597. The van der Waals surface area contributed by atoms with Gasteiger partial charge in [-0.15, -0.1) is 0 Å². The highest BCUT2D eigenvalue weighted by molar-refractivity contribution is 5.99. The van der Waals surface area contributed by atoms with Gasteiger partial charge in [-0.2, -0.15) is 0 Å². The average Bonchev–Trinajstić information content (AvgIpc) is 2.91. The van der Waals surface area contributed by atoms with Crippen LogP contribution in [0.4, 0.5) is 0 Å². The molecule has 0 radical (unpaired) electrons. The molecule has 1 aliphatic rings. The zero-order valence-electron chi connectivity index (χ0n) is 9.86. The number of hydrogen-bond donors (Lipinski definition) is 0. The minimum atomic E-state index is 0.597. The van der Waals surface area contributed by atoms with Crippen molar-refractivity contribution >= 4 is 17.1 Å². The van der Waals surface area contributed by atoms with Crippen molar-refractivity contribution in [2.45, 2.75) is 31.6 Å². The number of fused-ring (bicyclic) bond motifs is 1. The molecule has 1 nitrogen and oxygen atoms in total. The Hall–Kier alpha value is -1.63. The van der Waals surface area contributed by atoms with Gasteiger partial charge in [-0.25, -0.2) is 0 Å². The Morgan fingerprint density at radius 2 is 1.76 bits per heavy atom. The highest BCUT2D eigenvalue weighted by atomic mass is 16.1. The van der Waals surface area contributed by atoms with Crippen LogP contribution < -0.4 is 0 Å². The van der Waals surface area contributed by atoms with Crippen molar-refractivity contribution in [3.8, 4) is 0 Å². The van der Waals surface area contributed by atoms with Gasteiger partial charge in [-0.05, 0) is 35.1 Å². The van der Waals surface area contributed by atoms with E-state index in [4.69, 9.17) is 0 Å². The van der Waals surface area contributed by atoms with Gasteiger partial charge in [0.25, 0.3) is 0 Å². The van der Waals surface area contributed by atoms with E-state index in [1.807, 2.05) is 12.1 Å². The van der Waals surface area contributed by atoms with E-state index in [0.29, 0.717) is 5.92 Å². The molecule has 0 amide bonds. The number of benzene rings is 2. The lowest BCUT2D eigenvalue weighted by molar-refractivity contribution is 0.112. The maximum absolute atomic E-state index is 11.4. The van der Waals surface area contributed by atoms with Gasteiger partial charge in [0.05, 0.1) is 0 Å². The van der Waals surface area contributed by atoms with Crippen LogP contribution in [-0.2, 0) is 0 Å². The van der Waals surface area contributed by atoms with E-state index in [0.717, 1.165) is 22.6 Å². The molecule has 1 saturated carbocycles. The molecule has 0 saturated heterocycles. The van der Waals surface area contributed by atoms with Crippen LogP contribution in [-0.4, -0.2) is 6.29 Å². The number of rotatable bonds is 2. The van der Waals surface area contributed by atoms with Crippen LogP contribution in [0.2, 0.25) is 0 Å². The van der Waals surface area contributed by atoms with Gasteiger partial charge in [-0.1, -0.05) is 49.2 Å². The molecule has 1 fully saturated rings. The molecular weight excluding hydrogens is 208 g/mol. The fourth-order valence-corrected chi connectivity index (χ4v) is 3.04. The third kappa shape index (κ3) is 1.76. The quantitative estimate of drug-likeness (QED) is 0.695. The van der Waals surface area contributed by atoms with E-state index >= 15 is 0 Å². The van der Waals surface area contributed by atoms with E-state index in [2.05, 4.69) is 24.3 Å². The molecule has 3 rings (SSSR count). The van der Waals surface area contributed by atoms with Crippen LogP contribution in [0.1, 0.15) is 47.5 Å². The molecule has 2 aromatic rings. The molecule has 1 aliphatic carbocycles. The lowest BCUT2D eigenvalue weighted by Gasteiger charge is -2.14. The lowest BCUT2D eigenvalue weighted by Crippen LogP contribution is -1.99. The average molecular weight is 224 g/mol. The molecular formula is C16H16O. The summed E-state index contributed by atoms with van der Waals surface area (Å²) in [6.45, 7) is 0. The monoisotopic (exact) mass is 224 g/mol. The molecule has 0 atom stereocenters. The van der Waals surface area contributed by atoms with Gasteiger partial charge < -0.3 is 0 Å². The molecule has 17 heavy (non-hydrogen) atoms. The largest absolute Gasteiger partial charge is 0.298 e. The van der Waals surface area contributed by atoms with E-state index in [1.54, 1.807) is 0 Å². The first-order valence-electron chi connectivity index (χ1n) is 6.37. The molecule has 2 aromatic carbocycles. The van der Waals surface area contributed by atoms with E-state index in [9.17, 15) is 4.79 Å². The van der Waals surface area contributed by atoms with Gasteiger partial charge in [0.1, 0.15) is 0 Å². The van der Waals surface area contributed by atoms with Crippen LogP contribution in [0.15, 0.2) is 36.4 Å². The Labute approximate surface area is 101 Å². The second kappa shape index (κ2) is 4.33. The smallest absolute Gasteiger partial charge is 0.150 e. The maximum Gasteiger partial charge on any atom is 0.150 e. The Balaban J connectivity index is 2.21. The van der Waals surface area contributed by atoms with Crippen molar-refractivity contribution in [1.82, 2.24) is 0 Å². The first-order valence-corrected chi connectivity index (χ1v) is 6.37. The lowest BCUT2D eigenvalue weighted by atomic mass is 9.90. The number of carbonyl (C=O) groups is 1. The topological polar surface area (TPSA) is 17.1 Å². The van der Waals surface area contributed by atoms with Crippen molar-refractivity contribution in [2.24, 2.45) is 0 Å². The molecule has 0 heterocycles. The van der Waals surface area contributed by atoms with E-state index in [1.165, 1.54) is 31.2 Å². The van der Waals surface area contributed by atoms with Gasteiger partial charge in [-0.3, -0.25) is 4.79 Å². The second-order valence-corrected chi connectivity index (χ2v) is 4.89. The third-order valence-electron chi connectivity index (χ3n) is 3.92. The fraction of sp³-hybridized carbons (Fsp3) is 0.312. The molecule has 0 unspecified atom stereocenters. The van der Waals surface area contributed by atoms with E-state index in [-0.39, 0.29) is 0 Å². The summed E-state index contributed by atoms with van der Waals surface area (Å²) in [5.41, 5.74) is 2.17. The van der Waals surface area contributed by atoms with Crippen molar-refractivity contribution in [3.63, 3.8) is 0 Å². The predicted molar refractivity (Wildman–Crippen MR) is 70.5 cm³/mol. The zero-order valence-corrected chi connectivity index (χ0v) is 9.86.